The van der Waals surface area contributed by atoms with E-state index in [-0.39, 0.29) is 0 Å². The summed E-state index contributed by atoms with van der Waals surface area (Å²) in [5.41, 5.74) is 5.68. The zero-order chi connectivity index (χ0) is 21.3. The first-order valence-electron chi connectivity index (χ1n) is 9.37. The van der Waals surface area contributed by atoms with E-state index in [0.717, 1.165) is 33.3 Å². The van der Waals surface area contributed by atoms with Crippen LogP contribution in [-0.2, 0) is 6.54 Å². The predicted molar refractivity (Wildman–Crippen MR) is 127 cm³/mol. The molecule has 0 atom stereocenters. The molecule has 1 aromatic heterocycles. The molecule has 2 nitrogen and oxygen atoms in total. The fourth-order valence-electron chi connectivity index (χ4n) is 3.62. The molecule has 5 heteroatoms. The van der Waals surface area contributed by atoms with Crippen LogP contribution in [0.2, 0.25) is 15.1 Å². The molecule has 0 unspecified atom stereocenters. The molecule has 0 saturated carbocycles. The number of fused-ring (bicyclic) bond motifs is 1. The summed E-state index contributed by atoms with van der Waals surface area (Å²) in [6, 6.07) is 23.5. The van der Waals surface area contributed by atoms with Crippen LogP contribution in [0.1, 0.15) is 22.4 Å². The van der Waals surface area contributed by atoms with E-state index >= 15 is 0 Å². The van der Waals surface area contributed by atoms with Crippen LogP contribution in [-0.4, -0.2) is 4.57 Å². The molecule has 0 aliphatic heterocycles. The fraction of sp³-hybridized carbons (Fsp3) is 0.0800. The Morgan fingerprint density at radius 2 is 1.70 bits per heavy atom. The number of allylic oxidation sites excluding steroid dienone is 1. The van der Waals surface area contributed by atoms with Crippen LogP contribution in [0, 0.1) is 18.3 Å². The molecule has 0 bridgehead atoms. The molecule has 3 aromatic carbocycles. The van der Waals surface area contributed by atoms with E-state index in [9.17, 15) is 5.26 Å². The molecule has 0 fully saturated rings. The SMILES string of the molecule is Cc1c(/C=C(\C#N)c2ccc(Cl)cc2)c2ccccc2n1Cc1ccc(Cl)c(Cl)c1. The fourth-order valence-corrected chi connectivity index (χ4v) is 4.06. The zero-order valence-electron chi connectivity index (χ0n) is 16.2. The number of hydrogen-bond acceptors (Lipinski definition) is 1. The van der Waals surface area contributed by atoms with Crippen LogP contribution in [0.15, 0.2) is 66.7 Å². The minimum absolute atomic E-state index is 0.540. The average molecular weight is 452 g/mol. The Morgan fingerprint density at radius 1 is 0.967 bits per heavy atom. The van der Waals surface area contributed by atoms with Crippen molar-refractivity contribution in [1.82, 2.24) is 4.57 Å². The van der Waals surface area contributed by atoms with E-state index in [2.05, 4.69) is 29.7 Å². The second-order valence-corrected chi connectivity index (χ2v) is 8.28. The Bertz CT molecular complexity index is 1310. The molecular weight excluding hydrogens is 435 g/mol. The van der Waals surface area contributed by atoms with Gasteiger partial charge in [0.2, 0.25) is 0 Å². The Kier molecular flexibility index (Phi) is 5.88. The van der Waals surface area contributed by atoms with Crippen molar-refractivity contribution in [3.8, 4) is 6.07 Å². The van der Waals surface area contributed by atoms with Crippen molar-refractivity contribution in [3.63, 3.8) is 0 Å². The number of para-hydroxylation sites is 1. The van der Waals surface area contributed by atoms with Gasteiger partial charge in [-0.05, 0) is 54.5 Å². The molecule has 0 spiro atoms. The quantitative estimate of drug-likeness (QED) is 0.289. The molecule has 4 rings (SSSR count). The number of aromatic nitrogens is 1. The van der Waals surface area contributed by atoms with E-state index in [1.165, 1.54) is 0 Å². The van der Waals surface area contributed by atoms with Gasteiger partial charge in [-0.2, -0.15) is 5.26 Å². The number of nitriles is 1. The summed E-state index contributed by atoms with van der Waals surface area (Å²) in [6.07, 6.45) is 1.95. The molecule has 4 aromatic rings. The summed E-state index contributed by atoms with van der Waals surface area (Å²) in [5, 5.41) is 12.6. The first kappa shape index (κ1) is 20.6. The Balaban J connectivity index is 1.85. The standard InChI is InChI=1S/C25H17Cl3N2/c1-16-22(13-19(14-29)18-7-9-20(26)10-8-18)21-4-2-3-5-25(21)30(16)15-17-6-11-23(27)24(28)12-17/h2-13H,15H2,1H3/b19-13+. The first-order chi connectivity index (χ1) is 14.5. The topological polar surface area (TPSA) is 28.7 Å². The van der Waals surface area contributed by atoms with Gasteiger partial charge in [-0.25, -0.2) is 0 Å². The van der Waals surface area contributed by atoms with Crippen LogP contribution in [0.3, 0.4) is 0 Å². The lowest BCUT2D eigenvalue weighted by Gasteiger charge is -2.10. The molecule has 148 valence electrons. The van der Waals surface area contributed by atoms with Gasteiger partial charge in [-0.1, -0.05) is 71.2 Å². The van der Waals surface area contributed by atoms with E-state index in [4.69, 9.17) is 34.8 Å². The zero-order valence-corrected chi connectivity index (χ0v) is 18.4. The normalized spacial score (nSPS) is 11.6. The number of rotatable bonds is 4. The predicted octanol–water partition coefficient (Wildman–Crippen LogP) is 8.02. The van der Waals surface area contributed by atoms with Crippen molar-refractivity contribution >= 4 is 57.4 Å². The highest BCUT2D eigenvalue weighted by molar-refractivity contribution is 6.42. The largest absolute Gasteiger partial charge is 0.340 e. The lowest BCUT2D eigenvalue weighted by molar-refractivity contribution is 0.804. The maximum absolute atomic E-state index is 9.79. The lowest BCUT2D eigenvalue weighted by atomic mass is 10.0. The van der Waals surface area contributed by atoms with Gasteiger partial charge in [0.1, 0.15) is 0 Å². The van der Waals surface area contributed by atoms with Gasteiger partial charge in [0, 0.05) is 33.7 Å². The smallest absolute Gasteiger partial charge is 0.0998 e. The number of benzene rings is 3. The molecule has 30 heavy (non-hydrogen) atoms. The maximum atomic E-state index is 9.79. The highest BCUT2D eigenvalue weighted by Gasteiger charge is 2.14. The van der Waals surface area contributed by atoms with Gasteiger partial charge in [0.25, 0.3) is 0 Å². The van der Waals surface area contributed by atoms with Crippen LogP contribution < -0.4 is 0 Å². The van der Waals surface area contributed by atoms with Crippen LogP contribution in [0.5, 0.6) is 0 Å². The van der Waals surface area contributed by atoms with Gasteiger partial charge in [-0.15, -0.1) is 0 Å². The third-order valence-corrected chi connectivity index (χ3v) is 6.16. The van der Waals surface area contributed by atoms with Gasteiger partial charge in [0.15, 0.2) is 0 Å². The van der Waals surface area contributed by atoms with Crippen molar-refractivity contribution in [2.45, 2.75) is 13.5 Å². The van der Waals surface area contributed by atoms with Gasteiger partial charge < -0.3 is 4.57 Å². The minimum Gasteiger partial charge on any atom is -0.340 e. The van der Waals surface area contributed by atoms with Crippen molar-refractivity contribution < 1.29 is 0 Å². The molecule has 0 N–H and O–H groups in total. The van der Waals surface area contributed by atoms with Crippen molar-refractivity contribution in [3.05, 3.63) is 104 Å². The second-order valence-electron chi connectivity index (χ2n) is 7.03. The van der Waals surface area contributed by atoms with Gasteiger partial charge >= 0.3 is 0 Å². The van der Waals surface area contributed by atoms with E-state index in [1.807, 2.05) is 48.5 Å². The summed E-state index contributed by atoms with van der Waals surface area (Å²) < 4.78 is 2.23. The van der Waals surface area contributed by atoms with Crippen LogP contribution >= 0.6 is 34.8 Å². The summed E-state index contributed by atoms with van der Waals surface area (Å²) in [4.78, 5) is 0. The third kappa shape index (κ3) is 3.98. The first-order valence-corrected chi connectivity index (χ1v) is 10.5. The molecule has 0 amide bonds. The number of halogens is 3. The van der Waals surface area contributed by atoms with Crippen molar-refractivity contribution in [2.75, 3.05) is 0 Å². The number of nitrogens with zero attached hydrogens (tertiary/aromatic N) is 2. The highest BCUT2D eigenvalue weighted by Crippen LogP contribution is 2.31. The van der Waals surface area contributed by atoms with Crippen molar-refractivity contribution in [2.24, 2.45) is 0 Å². The maximum Gasteiger partial charge on any atom is 0.0998 e. The van der Waals surface area contributed by atoms with Crippen LogP contribution in [0.4, 0.5) is 0 Å². The summed E-state index contributed by atoms with van der Waals surface area (Å²) in [6.45, 7) is 2.72. The average Bonchev–Trinajstić information content (AvgIpc) is 3.01. The molecule has 0 saturated heterocycles. The summed E-state index contributed by atoms with van der Waals surface area (Å²) in [7, 11) is 0. The molecule has 0 radical (unpaired) electrons. The van der Waals surface area contributed by atoms with E-state index in [0.29, 0.717) is 27.2 Å². The third-order valence-electron chi connectivity index (χ3n) is 5.17. The van der Waals surface area contributed by atoms with E-state index < -0.39 is 0 Å². The number of hydrogen-bond donors (Lipinski definition) is 0. The highest BCUT2D eigenvalue weighted by atomic mass is 35.5. The van der Waals surface area contributed by atoms with Crippen LogP contribution in [0.25, 0.3) is 22.6 Å². The monoisotopic (exact) mass is 450 g/mol. The van der Waals surface area contributed by atoms with Crippen molar-refractivity contribution in [1.29, 1.82) is 5.26 Å². The molecule has 0 aliphatic rings. The second kappa shape index (κ2) is 8.58. The minimum atomic E-state index is 0.540. The van der Waals surface area contributed by atoms with Gasteiger partial charge in [-0.3, -0.25) is 0 Å². The molecular formula is C25H17Cl3N2. The molecule has 1 heterocycles. The summed E-state index contributed by atoms with van der Waals surface area (Å²) in [5.74, 6) is 0. The Hall–Kier alpha value is -2.70. The lowest BCUT2D eigenvalue weighted by Crippen LogP contribution is -2.02. The van der Waals surface area contributed by atoms with Gasteiger partial charge in [0.05, 0.1) is 21.7 Å². The molecule has 0 aliphatic carbocycles. The van der Waals surface area contributed by atoms with E-state index in [1.54, 1.807) is 12.1 Å². The Labute approximate surface area is 190 Å². The Morgan fingerprint density at radius 3 is 2.40 bits per heavy atom. The summed E-state index contributed by atoms with van der Waals surface area (Å²) >= 11 is 18.3.